The number of rotatable bonds is 10. The Morgan fingerprint density at radius 1 is 1.29 bits per heavy atom. The summed E-state index contributed by atoms with van der Waals surface area (Å²) in [5, 5.41) is 22.2. The average molecular weight is 293 g/mol. The van der Waals surface area contributed by atoms with Gasteiger partial charge in [0.2, 0.25) is 0 Å². The third kappa shape index (κ3) is 5.30. The molecule has 21 heavy (non-hydrogen) atoms. The Bertz CT molecular complexity index is 415. The predicted octanol–water partition coefficient (Wildman–Crippen LogP) is 1.74. The van der Waals surface area contributed by atoms with Crippen molar-refractivity contribution < 1.29 is 14.9 Å². The molecule has 2 rings (SSSR count). The van der Waals surface area contributed by atoms with Gasteiger partial charge in [0.05, 0.1) is 0 Å². The third-order valence-electron chi connectivity index (χ3n) is 4.25. The quantitative estimate of drug-likeness (QED) is 0.615. The van der Waals surface area contributed by atoms with E-state index < -0.39 is 6.10 Å². The maximum Gasteiger partial charge on any atom is 0.119 e. The van der Waals surface area contributed by atoms with Crippen molar-refractivity contribution in [2.45, 2.75) is 38.7 Å². The van der Waals surface area contributed by atoms with Crippen LogP contribution in [0.2, 0.25) is 0 Å². The number of hydrogen-bond acceptors (Lipinski definition) is 4. The van der Waals surface area contributed by atoms with E-state index in [0.717, 1.165) is 25.1 Å². The van der Waals surface area contributed by atoms with E-state index in [4.69, 9.17) is 9.84 Å². The van der Waals surface area contributed by atoms with Gasteiger partial charge in [-0.2, -0.15) is 0 Å². The van der Waals surface area contributed by atoms with E-state index in [-0.39, 0.29) is 12.0 Å². The first-order chi connectivity index (χ1) is 10.2. The zero-order valence-electron chi connectivity index (χ0n) is 12.8. The van der Waals surface area contributed by atoms with Gasteiger partial charge in [-0.05, 0) is 48.8 Å². The Morgan fingerprint density at radius 3 is 2.57 bits per heavy atom. The van der Waals surface area contributed by atoms with Crippen LogP contribution in [0.3, 0.4) is 0 Å². The minimum atomic E-state index is -0.513. The summed E-state index contributed by atoms with van der Waals surface area (Å²) < 4.78 is 5.58. The van der Waals surface area contributed by atoms with Crippen molar-refractivity contribution in [2.75, 3.05) is 26.3 Å². The van der Waals surface area contributed by atoms with Gasteiger partial charge in [-0.25, -0.2) is 0 Å². The molecule has 0 spiro atoms. The van der Waals surface area contributed by atoms with E-state index in [1.807, 2.05) is 24.3 Å². The van der Waals surface area contributed by atoms with Gasteiger partial charge in [0.1, 0.15) is 18.5 Å². The Kier molecular flexibility index (Phi) is 6.03. The van der Waals surface area contributed by atoms with Crippen LogP contribution in [0, 0.1) is 5.41 Å². The molecule has 0 bridgehead atoms. The van der Waals surface area contributed by atoms with Crippen molar-refractivity contribution in [1.82, 2.24) is 5.32 Å². The first-order valence-electron chi connectivity index (χ1n) is 7.89. The normalized spacial score (nSPS) is 17.5. The number of nitrogens with one attached hydrogen (secondary N) is 1. The smallest absolute Gasteiger partial charge is 0.119 e. The fourth-order valence-corrected chi connectivity index (χ4v) is 2.51. The molecule has 1 aliphatic carbocycles. The Morgan fingerprint density at radius 2 is 2.00 bits per heavy atom. The Hall–Kier alpha value is -1.10. The highest BCUT2D eigenvalue weighted by molar-refractivity contribution is 5.27. The predicted molar refractivity (Wildman–Crippen MR) is 83.6 cm³/mol. The van der Waals surface area contributed by atoms with E-state index >= 15 is 0 Å². The summed E-state index contributed by atoms with van der Waals surface area (Å²) in [6.07, 6.45) is 3.72. The van der Waals surface area contributed by atoms with E-state index in [0.29, 0.717) is 13.2 Å². The first-order valence-corrected chi connectivity index (χ1v) is 7.89. The lowest BCUT2D eigenvalue weighted by atomic mass is 10.0. The third-order valence-corrected chi connectivity index (χ3v) is 4.25. The number of benzene rings is 1. The lowest BCUT2D eigenvalue weighted by molar-refractivity contribution is 0.104. The van der Waals surface area contributed by atoms with Gasteiger partial charge >= 0.3 is 0 Å². The largest absolute Gasteiger partial charge is 0.491 e. The molecule has 1 atom stereocenters. The van der Waals surface area contributed by atoms with Crippen LogP contribution in [0.25, 0.3) is 0 Å². The topological polar surface area (TPSA) is 61.7 Å². The fourth-order valence-electron chi connectivity index (χ4n) is 2.51. The van der Waals surface area contributed by atoms with Crippen molar-refractivity contribution in [3.05, 3.63) is 29.8 Å². The molecule has 118 valence electrons. The summed E-state index contributed by atoms with van der Waals surface area (Å²) in [4.78, 5) is 0. The molecule has 1 aromatic rings. The molecule has 3 N–H and O–H groups in total. The maximum absolute atomic E-state index is 9.92. The zero-order valence-corrected chi connectivity index (χ0v) is 12.8. The van der Waals surface area contributed by atoms with Crippen molar-refractivity contribution >= 4 is 0 Å². The van der Waals surface area contributed by atoms with Crippen LogP contribution in [-0.4, -0.2) is 42.6 Å². The Balaban J connectivity index is 1.61. The van der Waals surface area contributed by atoms with Crippen LogP contribution >= 0.6 is 0 Å². The molecule has 0 amide bonds. The second kappa shape index (κ2) is 7.78. The van der Waals surface area contributed by atoms with Gasteiger partial charge < -0.3 is 20.3 Å². The van der Waals surface area contributed by atoms with E-state index in [1.54, 1.807) is 0 Å². The van der Waals surface area contributed by atoms with Crippen molar-refractivity contribution in [2.24, 2.45) is 5.41 Å². The van der Waals surface area contributed by atoms with E-state index in [2.05, 4.69) is 12.2 Å². The highest BCUT2D eigenvalue weighted by Gasteiger charge is 2.41. The van der Waals surface area contributed by atoms with E-state index in [9.17, 15) is 5.11 Å². The fraction of sp³-hybridized carbons (Fsp3) is 0.647. The molecule has 0 heterocycles. The standard InChI is InChI=1S/C17H27NO3/c1-2-14-3-5-16(6-4-14)21-12-15(20)11-18-13-17(7-8-17)9-10-19/h3-6,15,18-20H,2,7-13H2,1H3. The molecule has 0 saturated heterocycles. The second-order valence-electron chi connectivity index (χ2n) is 6.07. The van der Waals surface area contributed by atoms with Crippen LogP contribution in [0.1, 0.15) is 31.7 Å². The summed E-state index contributed by atoms with van der Waals surface area (Å²) in [6, 6.07) is 7.98. The second-order valence-corrected chi connectivity index (χ2v) is 6.07. The minimum Gasteiger partial charge on any atom is -0.491 e. The molecular weight excluding hydrogens is 266 g/mol. The summed E-state index contributed by atoms with van der Waals surface area (Å²) >= 11 is 0. The molecule has 0 aliphatic heterocycles. The number of hydrogen-bond donors (Lipinski definition) is 3. The first kappa shape index (κ1) is 16.3. The van der Waals surface area contributed by atoms with Gasteiger partial charge in [-0.15, -0.1) is 0 Å². The number of aliphatic hydroxyl groups is 2. The van der Waals surface area contributed by atoms with Crippen LogP contribution in [0.5, 0.6) is 5.75 Å². The molecule has 4 heteroatoms. The van der Waals surface area contributed by atoms with Gasteiger partial charge in [0.25, 0.3) is 0 Å². The van der Waals surface area contributed by atoms with Crippen molar-refractivity contribution in [1.29, 1.82) is 0 Å². The van der Waals surface area contributed by atoms with Crippen LogP contribution in [-0.2, 0) is 6.42 Å². The molecule has 1 unspecified atom stereocenters. The lowest BCUT2D eigenvalue weighted by Gasteiger charge is -2.17. The number of aliphatic hydroxyl groups excluding tert-OH is 2. The van der Waals surface area contributed by atoms with Crippen LogP contribution in [0.15, 0.2) is 24.3 Å². The van der Waals surface area contributed by atoms with Gasteiger partial charge in [0, 0.05) is 19.7 Å². The van der Waals surface area contributed by atoms with Crippen molar-refractivity contribution in [3.63, 3.8) is 0 Å². The van der Waals surface area contributed by atoms with Gasteiger partial charge in [0.15, 0.2) is 0 Å². The Labute approximate surface area is 127 Å². The summed E-state index contributed by atoms with van der Waals surface area (Å²) in [6.45, 7) is 4.07. The highest BCUT2D eigenvalue weighted by atomic mass is 16.5. The molecule has 1 aromatic carbocycles. The van der Waals surface area contributed by atoms with Crippen LogP contribution in [0.4, 0.5) is 0 Å². The minimum absolute atomic E-state index is 0.251. The monoisotopic (exact) mass is 293 g/mol. The van der Waals surface area contributed by atoms with Gasteiger partial charge in [-0.1, -0.05) is 19.1 Å². The SMILES string of the molecule is CCc1ccc(OCC(O)CNCC2(CCO)CC2)cc1. The summed E-state index contributed by atoms with van der Waals surface area (Å²) in [5.41, 5.74) is 1.56. The van der Waals surface area contributed by atoms with E-state index in [1.165, 1.54) is 18.4 Å². The average Bonchev–Trinajstić information content (AvgIpc) is 3.26. The molecule has 0 aromatic heterocycles. The number of ether oxygens (including phenoxy) is 1. The number of aryl methyl sites for hydroxylation is 1. The van der Waals surface area contributed by atoms with Gasteiger partial charge in [-0.3, -0.25) is 0 Å². The molecule has 0 radical (unpaired) electrons. The highest BCUT2D eigenvalue weighted by Crippen LogP contribution is 2.47. The molecule has 1 fully saturated rings. The lowest BCUT2D eigenvalue weighted by Crippen LogP contribution is -2.35. The molecule has 1 saturated carbocycles. The maximum atomic E-state index is 9.92. The molecular formula is C17H27NO3. The summed E-state index contributed by atoms with van der Waals surface area (Å²) in [5.74, 6) is 0.796. The molecule has 4 nitrogen and oxygen atoms in total. The summed E-state index contributed by atoms with van der Waals surface area (Å²) in [7, 11) is 0. The zero-order chi connectivity index (χ0) is 15.1. The molecule has 1 aliphatic rings. The van der Waals surface area contributed by atoms with Crippen LogP contribution < -0.4 is 10.1 Å². The van der Waals surface area contributed by atoms with Crippen molar-refractivity contribution in [3.8, 4) is 5.75 Å².